The van der Waals surface area contributed by atoms with E-state index in [0.717, 1.165) is 21.4 Å². The number of hydrogen-bond acceptors (Lipinski definition) is 4. The highest BCUT2D eigenvalue weighted by Gasteiger charge is 2.16. The molecule has 0 aliphatic carbocycles. The zero-order valence-corrected chi connectivity index (χ0v) is 19.7. The topological polar surface area (TPSA) is 34.9 Å². The van der Waals surface area contributed by atoms with E-state index in [-0.39, 0.29) is 11.0 Å². The number of rotatable bonds is 4. The summed E-state index contributed by atoms with van der Waals surface area (Å²) in [5, 5.41) is 2.63. The van der Waals surface area contributed by atoms with E-state index < -0.39 is 0 Å². The highest BCUT2D eigenvalue weighted by Crippen LogP contribution is 2.28. The summed E-state index contributed by atoms with van der Waals surface area (Å²) < 4.78 is 3.39. The number of thiophene rings is 1. The molecule has 0 spiro atoms. The third kappa shape index (κ3) is 4.34. The SMILES string of the molecule is CC(C)(C)c1ccc(CSc2nc3ccsc3c(=O)n2-c2ccc(Br)cc2)cc1. The third-order valence-corrected chi connectivity index (χ3v) is 7.15. The van der Waals surface area contributed by atoms with E-state index in [2.05, 4.69) is 61.0 Å². The smallest absolute Gasteiger partial charge is 0.267 e. The van der Waals surface area contributed by atoms with Gasteiger partial charge in [-0.2, -0.15) is 0 Å². The molecule has 148 valence electrons. The first-order valence-corrected chi connectivity index (χ1v) is 12.0. The number of thioether (sulfide) groups is 1. The summed E-state index contributed by atoms with van der Waals surface area (Å²) in [5.74, 6) is 0.753. The molecule has 4 aromatic rings. The van der Waals surface area contributed by atoms with Gasteiger partial charge in [-0.3, -0.25) is 9.36 Å². The van der Waals surface area contributed by atoms with Crippen LogP contribution in [0.15, 0.2) is 74.4 Å². The van der Waals surface area contributed by atoms with Crippen LogP contribution in [-0.2, 0) is 11.2 Å². The molecule has 0 amide bonds. The van der Waals surface area contributed by atoms with Gasteiger partial charge in [-0.15, -0.1) is 11.3 Å². The predicted octanol–water partition coefficient (Wildman–Crippen LogP) is 6.80. The molecule has 0 aliphatic rings. The van der Waals surface area contributed by atoms with Crippen LogP contribution in [0, 0.1) is 0 Å². The maximum absolute atomic E-state index is 13.2. The fourth-order valence-electron chi connectivity index (χ4n) is 3.06. The second kappa shape index (κ2) is 8.09. The Morgan fingerprint density at radius 2 is 1.72 bits per heavy atom. The van der Waals surface area contributed by atoms with Gasteiger partial charge < -0.3 is 0 Å². The Balaban J connectivity index is 1.70. The molecule has 0 N–H and O–H groups in total. The van der Waals surface area contributed by atoms with Crippen molar-refractivity contribution in [2.75, 3.05) is 0 Å². The molecule has 4 rings (SSSR count). The van der Waals surface area contributed by atoms with Crippen molar-refractivity contribution in [2.45, 2.75) is 37.1 Å². The summed E-state index contributed by atoms with van der Waals surface area (Å²) in [4.78, 5) is 18.0. The highest BCUT2D eigenvalue weighted by molar-refractivity contribution is 9.10. The van der Waals surface area contributed by atoms with E-state index in [1.807, 2.05) is 35.7 Å². The van der Waals surface area contributed by atoms with Crippen LogP contribution in [0.5, 0.6) is 0 Å². The van der Waals surface area contributed by atoms with Gasteiger partial charge in [0, 0.05) is 10.2 Å². The summed E-state index contributed by atoms with van der Waals surface area (Å²) in [6, 6.07) is 18.4. The molecule has 2 aromatic carbocycles. The van der Waals surface area contributed by atoms with Crippen molar-refractivity contribution in [3.05, 3.63) is 85.9 Å². The second-order valence-corrected chi connectivity index (χ2v) is 10.7. The van der Waals surface area contributed by atoms with Crippen LogP contribution in [0.4, 0.5) is 0 Å². The first-order chi connectivity index (χ1) is 13.8. The van der Waals surface area contributed by atoms with Crippen molar-refractivity contribution >= 4 is 49.2 Å². The van der Waals surface area contributed by atoms with Crippen molar-refractivity contribution in [1.29, 1.82) is 0 Å². The average molecular weight is 485 g/mol. The molecule has 0 atom stereocenters. The second-order valence-electron chi connectivity index (χ2n) is 7.88. The van der Waals surface area contributed by atoms with E-state index in [0.29, 0.717) is 9.86 Å². The zero-order chi connectivity index (χ0) is 20.6. The maximum atomic E-state index is 13.2. The van der Waals surface area contributed by atoms with E-state index in [1.165, 1.54) is 22.5 Å². The van der Waals surface area contributed by atoms with Crippen molar-refractivity contribution in [3.8, 4) is 5.69 Å². The number of nitrogens with zero attached hydrogens (tertiary/aromatic N) is 2. The number of fused-ring (bicyclic) bond motifs is 1. The zero-order valence-electron chi connectivity index (χ0n) is 16.5. The van der Waals surface area contributed by atoms with Gasteiger partial charge in [-0.25, -0.2) is 4.98 Å². The van der Waals surface area contributed by atoms with Crippen LogP contribution in [0.25, 0.3) is 15.9 Å². The number of hydrogen-bond donors (Lipinski definition) is 0. The molecule has 0 fully saturated rings. The number of aromatic nitrogens is 2. The first-order valence-electron chi connectivity index (χ1n) is 9.31. The Morgan fingerprint density at radius 3 is 2.38 bits per heavy atom. The lowest BCUT2D eigenvalue weighted by atomic mass is 9.87. The Bertz CT molecular complexity index is 1200. The van der Waals surface area contributed by atoms with Crippen LogP contribution in [0.2, 0.25) is 0 Å². The fourth-order valence-corrected chi connectivity index (χ4v) is 5.05. The molecule has 0 unspecified atom stereocenters. The minimum atomic E-state index is -0.0158. The Morgan fingerprint density at radius 1 is 1.03 bits per heavy atom. The molecular weight excluding hydrogens is 464 g/mol. The number of benzene rings is 2. The predicted molar refractivity (Wildman–Crippen MR) is 128 cm³/mol. The molecule has 2 aromatic heterocycles. The van der Waals surface area contributed by atoms with Crippen LogP contribution in [0.3, 0.4) is 0 Å². The lowest BCUT2D eigenvalue weighted by Gasteiger charge is -2.19. The molecule has 0 radical (unpaired) electrons. The minimum Gasteiger partial charge on any atom is -0.267 e. The van der Waals surface area contributed by atoms with Gasteiger partial charge in [0.25, 0.3) is 5.56 Å². The van der Waals surface area contributed by atoms with Gasteiger partial charge >= 0.3 is 0 Å². The molecule has 2 heterocycles. The van der Waals surface area contributed by atoms with Gasteiger partial charge in [-0.1, -0.05) is 72.7 Å². The van der Waals surface area contributed by atoms with Crippen molar-refractivity contribution in [1.82, 2.24) is 9.55 Å². The molecule has 0 bridgehead atoms. The largest absolute Gasteiger partial charge is 0.276 e. The summed E-state index contributed by atoms with van der Waals surface area (Å²) >= 11 is 6.49. The number of halogens is 1. The van der Waals surface area contributed by atoms with Gasteiger partial charge in [0.2, 0.25) is 0 Å². The van der Waals surface area contributed by atoms with Gasteiger partial charge in [-0.05, 0) is 52.3 Å². The standard InChI is InChI=1S/C23H21BrN2OS2/c1-23(2,3)16-6-4-15(5-7-16)14-29-22-25-19-12-13-28-20(19)21(27)26(22)18-10-8-17(24)9-11-18/h4-13H,14H2,1-3H3. The molecular formula is C23H21BrN2OS2. The van der Waals surface area contributed by atoms with Gasteiger partial charge in [0.05, 0.1) is 11.2 Å². The fraction of sp³-hybridized carbons (Fsp3) is 0.217. The minimum absolute atomic E-state index is 0.0158. The van der Waals surface area contributed by atoms with Gasteiger partial charge in [0.15, 0.2) is 5.16 Å². The summed E-state index contributed by atoms with van der Waals surface area (Å²) in [7, 11) is 0. The van der Waals surface area contributed by atoms with E-state index >= 15 is 0 Å². The molecule has 6 heteroatoms. The van der Waals surface area contributed by atoms with Crippen LogP contribution in [0.1, 0.15) is 31.9 Å². The summed E-state index contributed by atoms with van der Waals surface area (Å²) in [6.45, 7) is 6.65. The molecule has 0 aliphatic heterocycles. The molecule has 0 saturated carbocycles. The highest BCUT2D eigenvalue weighted by atomic mass is 79.9. The van der Waals surface area contributed by atoms with Gasteiger partial charge in [0.1, 0.15) is 4.70 Å². The van der Waals surface area contributed by atoms with Crippen molar-refractivity contribution in [3.63, 3.8) is 0 Å². The molecule has 29 heavy (non-hydrogen) atoms. The molecule has 0 saturated heterocycles. The van der Waals surface area contributed by atoms with E-state index in [9.17, 15) is 4.79 Å². The van der Waals surface area contributed by atoms with E-state index in [1.54, 1.807) is 16.3 Å². The van der Waals surface area contributed by atoms with Crippen LogP contribution >= 0.6 is 39.0 Å². The third-order valence-electron chi connectivity index (χ3n) is 4.72. The maximum Gasteiger partial charge on any atom is 0.276 e. The van der Waals surface area contributed by atoms with Crippen LogP contribution < -0.4 is 5.56 Å². The van der Waals surface area contributed by atoms with E-state index in [4.69, 9.17) is 4.98 Å². The van der Waals surface area contributed by atoms with Crippen molar-refractivity contribution in [2.24, 2.45) is 0 Å². The average Bonchev–Trinajstić information content (AvgIpc) is 3.16. The Hall–Kier alpha value is -1.89. The Labute approximate surface area is 186 Å². The van der Waals surface area contributed by atoms with Crippen LogP contribution in [-0.4, -0.2) is 9.55 Å². The Kier molecular flexibility index (Phi) is 5.69. The normalized spacial score (nSPS) is 11.9. The quantitative estimate of drug-likeness (QED) is 0.236. The monoisotopic (exact) mass is 484 g/mol. The lowest BCUT2D eigenvalue weighted by Crippen LogP contribution is -2.20. The summed E-state index contributed by atoms with van der Waals surface area (Å²) in [5.41, 5.74) is 4.24. The molecule has 3 nitrogen and oxygen atoms in total. The lowest BCUT2D eigenvalue weighted by molar-refractivity contribution is 0.590. The summed E-state index contributed by atoms with van der Waals surface area (Å²) in [6.07, 6.45) is 0. The van der Waals surface area contributed by atoms with Crippen molar-refractivity contribution < 1.29 is 0 Å². The first kappa shape index (κ1) is 20.4.